The van der Waals surface area contributed by atoms with Gasteiger partial charge in [-0.25, -0.2) is 0 Å². The Balaban J connectivity index is 1.93. The first-order valence-corrected chi connectivity index (χ1v) is 8.20. The Bertz CT molecular complexity index is 239. The molecule has 0 spiro atoms. The zero-order valence-corrected chi connectivity index (χ0v) is 12.6. The smallest absolute Gasteiger partial charge is 0.0246 e. The molecule has 2 heteroatoms. The monoisotopic (exact) mass is 252 g/mol. The van der Waals surface area contributed by atoms with Crippen LogP contribution in [0, 0.1) is 11.8 Å². The van der Waals surface area contributed by atoms with E-state index in [-0.39, 0.29) is 0 Å². The number of nitrogens with zero attached hydrogens (tertiary/aromatic N) is 1. The minimum absolute atomic E-state index is 0.754. The number of nitrogens with one attached hydrogen (secondary N) is 1. The quantitative estimate of drug-likeness (QED) is 0.730. The van der Waals surface area contributed by atoms with Crippen LogP contribution in [0.3, 0.4) is 0 Å². The average Bonchev–Trinajstić information content (AvgIpc) is 2.78. The number of likely N-dealkylation sites (tertiary alicyclic amines) is 1. The van der Waals surface area contributed by atoms with Gasteiger partial charge in [0.05, 0.1) is 0 Å². The van der Waals surface area contributed by atoms with Crippen molar-refractivity contribution in [2.75, 3.05) is 19.6 Å². The normalized spacial score (nSPS) is 30.7. The minimum Gasteiger partial charge on any atom is -0.315 e. The number of rotatable bonds is 6. The second-order valence-corrected chi connectivity index (χ2v) is 6.65. The highest BCUT2D eigenvalue weighted by atomic mass is 15.2. The molecule has 18 heavy (non-hydrogen) atoms. The van der Waals surface area contributed by atoms with Crippen molar-refractivity contribution in [1.82, 2.24) is 10.2 Å². The lowest BCUT2D eigenvalue weighted by molar-refractivity contribution is 0.103. The van der Waals surface area contributed by atoms with Crippen LogP contribution in [-0.2, 0) is 0 Å². The summed E-state index contributed by atoms with van der Waals surface area (Å²) in [7, 11) is 0. The van der Waals surface area contributed by atoms with Crippen LogP contribution >= 0.6 is 0 Å². The van der Waals surface area contributed by atoms with Gasteiger partial charge in [-0.2, -0.15) is 0 Å². The van der Waals surface area contributed by atoms with E-state index in [4.69, 9.17) is 0 Å². The predicted octanol–water partition coefficient (Wildman–Crippen LogP) is 3.28. The van der Waals surface area contributed by atoms with Gasteiger partial charge < -0.3 is 5.32 Å². The summed E-state index contributed by atoms with van der Waals surface area (Å²) < 4.78 is 0. The van der Waals surface area contributed by atoms with Crippen molar-refractivity contribution in [3.05, 3.63) is 0 Å². The lowest BCUT2D eigenvalue weighted by Gasteiger charge is -2.39. The Labute approximate surface area is 114 Å². The van der Waals surface area contributed by atoms with Gasteiger partial charge in [-0.3, -0.25) is 4.90 Å². The molecule has 3 unspecified atom stereocenters. The molecule has 2 nitrogen and oxygen atoms in total. The standard InChI is InChI=1S/C16H32N2/c1-4-10-17-12-16(13(2)3)18-11-9-14-7-5-6-8-15(14)18/h13-17H,4-12H2,1-3H3. The Hall–Kier alpha value is -0.0800. The van der Waals surface area contributed by atoms with Gasteiger partial charge in [0.1, 0.15) is 0 Å². The molecule has 1 saturated heterocycles. The average molecular weight is 252 g/mol. The van der Waals surface area contributed by atoms with Gasteiger partial charge in [-0.15, -0.1) is 0 Å². The van der Waals surface area contributed by atoms with Gasteiger partial charge in [0.2, 0.25) is 0 Å². The van der Waals surface area contributed by atoms with Gasteiger partial charge in [-0.1, -0.05) is 33.6 Å². The maximum absolute atomic E-state index is 3.65. The van der Waals surface area contributed by atoms with Crippen LogP contribution in [0.15, 0.2) is 0 Å². The third-order valence-electron chi connectivity index (χ3n) is 5.03. The van der Waals surface area contributed by atoms with Crippen molar-refractivity contribution in [3.63, 3.8) is 0 Å². The zero-order valence-electron chi connectivity index (χ0n) is 12.6. The molecule has 1 N–H and O–H groups in total. The molecule has 1 saturated carbocycles. The molecule has 1 aliphatic carbocycles. The van der Waals surface area contributed by atoms with E-state index < -0.39 is 0 Å². The summed E-state index contributed by atoms with van der Waals surface area (Å²) in [5, 5.41) is 3.65. The van der Waals surface area contributed by atoms with Crippen LogP contribution in [0.25, 0.3) is 0 Å². The van der Waals surface area contributed by atoms with E-state index in [2.05, 4.69) is 31.0 Å². The molecular weight excluding hydrogens is 220 g/mol. The summed E-state index contributed by atoms with van der Waals surface area (Å²) in [4.78, 5) is 2.86. The first-order chi connectivity index (χ1) is 8.74. The van der Waals surface area contributed by atoms with Gasteiger partial charge >= 0.3 is 0 Å². The van der Waals surface area contributed by atoms with E-state index in [0.29, 0.717) is 0 Å². The topological polar surface area (TPSA) is 15.3 Å². The third-order valence-corrected chi connectivity index (χ3v) is 5.03. The molecular formula is C16H32N2. The Kier molecular flexibility index (Phi) is 5.50. The highest BCUT2D eigenvalue weighted by Gasteiger charge is 2.39. The summed E-state index contributed by atoms with van der Waals surface area (Å²) in [5.41, 5.74) is 0. The van der Waals surface area contributed by atoms with E-state index in [0.717, 1.165) is 23.9 Å². The van der Waals surface area contributed by atoms with Crippen molar-refractivity contribution in [3.8, 4) is 0 Å². The van der Waals surface area contributed by atoms with Crippen molar-refractivity contribution < 1.29 is 0 Å². The third kappa shape index (κ3) is 3.27. The fourth-order valence-electron chi connectivity index (χ4n) is 4.02. The Morgan fingerprint density at radius 1 is 1.17 bits per heavy atom. The summed E-state index contributed by atoms with van der Waals surface area (Å²) in [6.45, 7) is 10.8. The first kappa shape index (κ1) is 14.3. The van der Waals surface area contributed by atoms with Gasteiger partial charge in [0.15, 0.2) is 0 Å². The second-order valence-electron chi connectivity index (χ2n) is 6.65. The van der Waals surface area contributed by atoms with Crippen LogP contribution < -0.4 is 5.32 Å². The number of fused-ring (bicyclic) bond motifs is 1. The lowest BCUT2D eigenvalue weighted by atomic mass is 9.84. The van der Waals surface area contributed by atoms with E-state index in [1.807, 2.05) is 0 Å². The van der Waals surface area contributed by atoms with Crippen LogP contribution in [0.2, 0.25) is 0 Å². The number of hydrogen-bond acceptors (Lipinski definition) is 2. The molecule has 2 fully saturated rings. The van der Waals surface area contributed by atoms with Gasteiger partial charge in [0, 0.05) is 18.6 Å². The van der Waals surface area contributed by atoms with Crippen molar-refractivity contribution >= 4 is 0 Å². The molecule has 0 aromatic carbocycles. The zero-order chi connectivity index (χ0) is 13.0. The molecule has 106 valence electrons. The molecule has 2 rings (SSSR count). The van der Waals surface area contributed by atoms with Gasteiger partial charge in [0.25, 0.3) is 0 Å². The largest absolute Gasteiger partial charge is 0.315 e. The predicted molar refractivity (Wildman–Crippen MR) is 78.9 cm³/mol. The molecule has 0 radical (unpaired) electrons. The number of hydrogen-bond donors (Lipinski definition) is 1. The summed E-state index contributed by atoms with van der Waals surface area (Å²) in [6, 6.07) is 1.67. The molecule has 0 bridgehead atoms. The molecule has 0 amide bonds. The van der Waals surface area contributed by atoms with Crippen molar-refractivity contribution in [2.24, 2.45) is 11.8 Å². The molecule has 0 aromatic heterocycles. The summed E-state index contributed by atoms with van der Waals surface area (Å²) in [6.07, 6.45) is 8.61. The van der Waals surface area contributed by atoms with Crippen LogP contribution in [-0.4, -0.2) is 36.6 Å². The van der Waals surface area contributed by atoms with E-state index in [1.165, 1.54) is 58.2 Å². The van der Waals surface area contributed by atoms with E-state index in [1.54, 1.807) is 0 Å². The fraction of sp³-hybridized carbons (Fsp3) is 1.00. The lowest BCUT2D eigenvalue weighted by Crippen LogP contribution is -2.49. The van der Waals surface area contributed by atoms with Crippen molar-refractivity contribution in [1.29, 1.82) is 0 Å². The SMILES string of the molecule is CCCNCC(C(C)C)N1CCC2CCCCC21. The van der Waals surface area contributed by atoms with Crippen LogP contribution in [0.5, 0.6) is 0 Å². The molecule has 1 heterocycles. The summed E-state index contributed by atoms with van der Waals surface area (Å²) in [5.74, 6) is 1.79. The minimum atomic E-state index is 0.754. The Morgan fingerprint density at radius 3 is 2.67 bits per heavy atom. The van der Waals surface area contributed by atoms with Crippen molar-refractivity contribution in [2.45, 2.75) is 71.4 Å². The highest BCUT2D eigenvalue weighted by molar-refractivity contribution is 4.94. The highest BCUT2D eigenvalue weighted by Crippen LogP contribution is 2.38. The fourth-order valence-corrected chi connectivity index (χ4v) is 4.02. The van der Waals surface area contributed by atoms with Crippen LogP contribution in [0.4, 0.5) is 0 Å². The summed E-state index contributed by atoms with van der Waals surface area (Å²) >= 11 is 0. The van der Waals surface area contributed by atoms with Crippen LogP contribution in [0.1, 0.15) is 59.3 Å². The van der Waals surface area contributed by atoms with Gasteiger partial charge in [-0.05, 0) is 50.6 Å². The van der Waals surface area contributed by atoms with E-state index in [9.17, 15) is 0 Å². The Morgan fingerprint density at radius 2 is 1.94 bits per heavy atom. The molecule has 1 aliphatic heterocycles. The molecule has 3 atom stereocenters. The maximum Gasteiger partial charge on any atom is 0.0246 e. The molecule has 2 aliphatic rings. The maximum atomic E-state index is 3.65. The van der Waals surface area contributed by atoms with E-state index >= 15 is 0 Å². The second kappa shape index (κ2) is 6.91. The molecule has 0 aromatic rings. The first-order valence-electron chi connectivity index (χ1n) is 8.20.